The fourth-order valence-electron chi connectivity index (χ4n) is 1.80. The number of hydrogen-bond acceptors (Lipinski definition) is 4. The van der Waals surface area contributed by atoms with Gasteiger partial charge in [-0.15, -0.1) is 0 Å². The van der Waals surface area contributed by atoms with Crippen LogP contribution in [-0.2, 0) is 0 Å². The van der Waals surface area contributed by atoms with Crippen LogP contribution in [0.2, 0.25) is 0 Å². The zero-order valence-electron chi connectivity index (χ0n) is 11.0. The Balaban J connectivity index is 2.43. The molecule has 0 fully saturated rings. The number of hydrogen-bond donors (Lipinski definition) is 0. The Morgan fingerprint density at radius 3 is 2.53 bits per heavy atom. The van der Waals surface area contributed by atoms with Crippen LogP contribution in [0.15, 0.2) is 34.7 Å². The van der Waals surface area contributed by atoms with E-state index in [2.05, 4.69) is 0 Å². The lowest BCUT2D eigenvalue weighted by Crippen LogP contribution is -1.96. The lowest BCUT2D eigenvalue weighted by Gasteiger charge is -2.10. The van der Waals surface area contributed by atoms with Crippen molar-refractivity contribution in [2.24, 2.45) is 0 Å². The van der Waals surface area contributed by atoms with Crippen LogP contribution in [0.5, 0.6) is 11.5 Å². The summed E-state index contributed by atoms with van der Waals surface area (Å²) >= 11 is 0. The summed E-state index contributed by atoms with van der Waals surface area (Å²) in [5.41, 5.74) is 0.779. The summed E-state index contributed by atoms with van der Waals surface area (Å²) in [6.07, 6.45) is 0.677. The predicted molar refractivity (Wildman–Crippen MR) is 71.9 cm³/mol. The number of benzene rings is 1. The minimum atomic E-state index is 0.291. The zero-order chi connectivity index (χ0) is 13.7. The average Bonchev–Trinajstić information content (AvgIpc) is 2.90. The number of carbonyl (C=O) groups is 1. The fourth-order valence-corrected chi connectivity index (χ4v) is 1.80. The first-order chi connectivity index (χ1) is 9.28. The third kappa shape index (κ3) is 2.96. The lowest BCUT2D eigenvalue weighted by molar-refractivity contribution is 0.110. The Bertz CT molecular complexity index is 557. The van der Waals surface area contributed by atoms with Crippen molar-refractivity contribution < 1.29 is 18.7 Å². The quantitative estimate of drug-likeness (QED) is 0.745. The molecule has 0 spiro atoms. The largest absolute Gasteiger partial charge is 0.494 e. The van der Waals surface area contributed by atoms with E-state index in [1.54, 1.807) is 12.1 Å². The molecule has 2 rings (SSSR count). The normalized spacial score (nSPS) is 10.2. The summed E-state index contributed by atoms with van der Waals surface area (Å²) in [6.45, 7) is 4.99. The molecule has 0 amide bonds. The summed E-state index contributed by atoms with van der Waals surface area (Å²) in [7, 11) is 0. The van der Waals surface area contributed by atoms with Crippen molar-refractivity contribution in [1.29, 1.82) is 0 Å². The highest BCUT2D eigenvalue weighted by Gasteiger charge is 2.12. The van der Waals surface area contributed by atoms with Gasteiger partial charge in [0.1, 0.15) is 17.3 Å². The highest BCUT2D eigenvalue weighted by atomic mass is 16.5. The minimum Gasteiger partial charge on any atom is -0.494 e. The van der Waals surface area contributed by atoms with Crippen LogP contribution in [0.4, 0.5) is 0 Å². The number of ether oxygens (including phenoxy) is 2. The van der Waals surface area contributed by atoms with Gasteiger partial charge < -0.3 is 13.9 Å². The number of rotatable bonds is 6. The Labute approximate surface area is 111 Å². The summed E-state index contributed by atoms with van der Waals surface area (Å²) in [5, 5.41) is 0. The number of aldehydes is 1. The first-order valence-corrected chi connectivity index (χ1v) is 6.23. The maximum atomic E-state index is 10.7. The molecule has 0 saturated heterocycles. The molecule has 4 heteroatoms. The van der Waals surface area contributed by atoms with Crippen LogP contribution in [-0.4, -0.2) is 19.5 Å². The molecule has 4 nitrogen and oxygen atoms in total. The van der Waals surface area contributed by atoms with Gasteiger partial charge in [-0.25, -0.2) is 0 Å². The molecule has 1 aromatic carbocycles. The molecule has 1 aromatic heterocycles. The van der Waals surface area contributed by atoms with Gasteiger partial charge in [-0.3, -0.25) is 4.79 Å². The van der Waals surface area contributed by atoms with Gasteiger partial charge in [0.05, 0.1) is 18.8 Å². The van der Waals surface area contributed by atoms with Gasteiger partial charge in [0.2, 0.25) is 0 Å². The smallest absolute Gasteiger partial charge is 0.185 e. The standard InChI is InChI=1S/C15H16O4/c1-3-17-11-5-7-14(18-4-2)13(9-11)15-8-6-12(10-16)19-15/h5-10H,3-4H2,1-2H3. The second-order valence-corrected chi connectivity index (χ2v) is 3.84. The molecule has 100 valence electrons. The zero-order valence-corrected chi connectivity index (χ0v) is 11.0. The van der Waals surface area contributed by atoms with Gasteiger partial charge in [0.25, 0.3) is 0 Å². The van der Waals surface area contributed by atoms with Crippen molar-refractivity contribution in [2.45, 2.75) is 13.8 Å². The average molecular weight is 260 g/mol. The van der Waals surface area contributed by atoms with Gasteiger partial charge in [0, 0.05) is 0 Å². The maximum Gasteiger partial charge on any atom is 0.185 e. The van der Waals surface area contributed by atoms with E-state index in [0.717, 1.165) is 11.3 Å². The SMILES string of the molecule is CCOc1ccc(OCC)c(-c2ccc(C=O)o2)c1. The van der Waals surface area contributed by atoms with Crippen molar-refractivity contribution in [3.63, 3.8) is 0 Å². The topological polar surface area (TPSA) is 48.7 Å². The van der Waals surface area contributed by atoms with E-state index in [4.69, 9.17) is 13.9 Å². The third-order valence-corrected chi connectivity index (χ3v) is 2.57. The van der Waals surface area contributed by atoms with Crippen LogP contribution in [0.1, 0.15) is 24.4 Å². The fraction of sp³-hybridized carbons (Fsp3) is 0.267. The first-order valence-electron chi connectivity index (χ1n) is 6.23. The number of carbonyl (C=O) groups excluding carboxylic acids is 1. The summed E-state index contributed by atoms with van der Waals surface area (Å²) in [5.74, 6) is 2.33. The van der Waals surface area contributed by atoms with Crippen LogP contribution in [0.25, 0.3) is 11.3 Å². The molecular weight excluding hydrogens is 244 g/mol. The molecule has 0 saturated carbocycles. The maximum absolute atomic E-state index is 10.7. The molecule has 0 atom stereocenters. The lowest BCUT2D eigenvalue weighted by atomic mass is 10.1. The van der Waals surface area contributed by atoms with E-state index in [1.807, 2.05) is 32.0 Å². The summed E-state index contributed by atoms with van der Waals surface area (Å²) in [6, 6.07) is 8.92. The van der Waals surface area contributed by atoms with Crippen LogP contribution in [0.3, 0.4) is 0 Å². The van der Waals surface area contributed by atoms with Crippen molar-refractivity contribution >= 4 is 6.29 Å². The van der Waals surface area contributed by atoms with Crippen LogP contribution < -0.4 is 9.47 Å². The van der Waals surface area contributed by atoms with E-state index >= 15 is 0 Å². The second kappa shape index (κ2) is 6.09. The highest BCUT2D eigenvalue weighted by molar-refractivity contribution is 5.74. The first kappa shape index (κ1) is 13.2. The van der Waals surface area contributed by atoms with E-state index in [0.29, 0.717) is 36.8 Å². The van der Waals surface area contributed by atoms with Crippen LogP contribution >= 0.6 is 0 Å². The Morgan fingerprint density at radius 2 is 1.89 bits per heavy atom. The highest BCUT2D eigenvalue weighted by Crippen LogP contribution is 2.34. The van der Waals surface area contributed by atoms with Gasteiger partial charge in [-0.2, -0.15) is 0 Å². The molecule has 0 aliphatic carbocycles. The summed E-state index contributed by atoms with van der Waals surface area (Å²) in [4.78, 5) is 10.7. The van der Waals surface area contributed by atoms with Gasteiger partial charge in [-0.1, -0.05) is 0 Å². The molecule has 1 heterocycles. The van der Waals surface area contributed by atoms with E-state index in [9.17, 15) is 4.79 Å². The van der Waals surface area contributed by atoms with Crippen molar-refractivity contribution in [3.05, 3.63) is 36.1 Å². The Kier molecular flexibility index (Phi) is 4.23. The molecule has 0 unspecified atom stereocenters. The van der Waals surface area contributed by atoms with Crippen LogP contribution in [0, 0.1) is 0 Å². The van der Waals surface area contributed by atoms with E-state index in [1.165, 1.54) is 0 Å². The van der Waals surface area contributed by atoms with E-state index < -0.39 is 0 Å². The van der Waals surface area contributed by atoms with Gasteiger partial charge in [-0.05, 0) is 44.2 Å². The van der Waals surface area contributed by atoms with E-state index in [-0.39, 0.29) is 0 Å². The molecule has 2 aromatic rings. The Hall–Kier alpha value is -2.23. The Morgan fingerprint density at radius 1 is 1.11 bits per heavy atom. The molecule has 19 heavy (non-hydrogen) atoms. The molecule has 0 bridgehead atoms. The predicted octanol–water partition coefficient (Wildman–Crippen LogP) is 3.56. The summed E-state index contributed by atoms with van der Waals surface area (Å²) < 4.78 is 16.5. The second-order valence-electron chi connectivity index (χ2n) is 3.84. The number of furan rings is 1. The third-order valence-electron chi connectivity index (χ3n) is 2.57. The molecule has 0 aliphatic rings. The molecule has 0 N–H and O–H groups in total. The van der Waals surface area contributed by atoms with Crippen molar-refractivity contribution in [2.75, 3.05) is 13.2 Å². The molecule has 0 aliphatic heterocycles. The molecule has 0 radical (unpaired) electrons. The molecular formula is C15H16O4. The van der Waals surface area contributed by atoms with Crippen molar-refractivity contribution in [1.82, 2.24) is 0 Å². The van der Waals surface area contributed by atoms with Gasteiger partial charge in [0.15, 0.2) is 12.0 Å². The van der Waals surface area contributed by atoms with Gasteiger partial charge >= 0.3 is 0 Å². The van der Waals surface area contributed by atoms with Crippen molar-refractivity contribution in [3.8, 4) is 22.8 Å². The minimum absolute atomic E-state index is 0.291. The monoisotopic (exact) mass is 260 g/mol.